The first kappa shape index (κ1) is 21.7. The van der Waals surface area contributed by atoms with Crippen molar-refractivity contribution >= 4 is 17.5 Å². The number of morpholine rings is 1. The molecule has 1 aliphatic rings. The van der Waals surface area contributed by atoms with Crippen LogP contribution in [0.5, 0.6) is 0 Å². The quantitative estimate of drug-likeness (QED) is 0.625. The van der Waals surface area contributed by atoms with E-state index in [0.717, 1.165) is 11.1 Å². The van der Waals surface area contributed by atoms with Gasteiger partial charge in [0.05, 0.1) is 12.6 Å². The fraction of sp³-hybridized carbons (Fsp3) is 0.231. The molecule has 4 rings (SSSR count). The van der Waals surface area contributed by atoms with Crippen molar-refractivity contribution in [2.75, 3.05) is 18.5 Å². The monoisotopic (exact) mass is 430 g/mol. The summed E-state index contributed by atoms with van der Waals surface area (Å²) in [6.45, 7) is 2.65. The average molecular weight is 431 g/mol. The molecule has 0 bridgehead atoms. The van der Waals surface area contributed by atoms with Crippen molar-refractivity contribution in [3.05, 3.63) is 101 Å². The van der Waals surface area contributed by atoms with Crippen molar-refractivity contribution in [2.24, 2.45) is 0 Å². The van der Waals surface area contributed by atoms with Gasteiger partial charge in [-0.15, -0.1) is 0 Å². The molecule has 164 valence electrons. The number of ether oxygens (including phenoxy) is 1. The third kappa shape index (κ3) is 5.04. The number of aliphatic hydroxyl groups excluding tert-OH is 1. The van der Waals surface area contributed by atoms with Crippen LogP contribution in [0.15, 0.2) is 78.9 Å². The summed E-state index contributed by atoms with van der Waals surface area (Å²) in [5, 5.41) is 13.9. The standard InChI is InChI=1S/C26H26N2O4/c1-18-7-9-21(10-8-18)26(31)27-22-13-11-20(12-14-22)25(30)23-16-32-17-24(29)28(23)15-19-5-3-2-4-6-19/h2-14,23,25,30H,15-17H2,1H3,(H,27,31)/t23-,25-/m1/s1. The van der Waals surface area contributed by atoms with Crippen LogP contribution in [0.25, 0.3) is 0 Å². The van der Waals surface area contributed by atoms with Gasteiger partial charge < -0.3 is 20.1 Å². The van der Waals surface area contributed by atoms with Gasteiger partial charge in [-0.2, -0.15) is 0 Å². The number of carbonyl (C=O) groups is 2. The van der Waals surface area contributed by atoms with E-state index in [-0.39, 0.29) is 25.0 Å². The first-order valence-electron chi connectivity index (χ1n) is 10.6. The molecule has 1 fully saturated rings. The molecule has 1 heterocycles. The normalized spacial score (nSPS) is 17.1. The van der Waals surface area contributed by atoms with E-state index in [0.29, 0.717) is 23.4 Å². The van der Waals surface area contributed by atoms with E-state index >= 15 is 0 Å². The van der Waals surface area contributed by atoms with Crippen LogP contribution in [0.2, 0.25) is 0 Å². The van der Waals surface area contributed by atoms with Gasteiger partial charge in [-0.25, -0.2) is 0 Å². The van der Waals surface area contributed by atoms with Gasteiger partial charge in [0.25, 0.3) is 5.91 Å². The van der Waals surface area contributed by atoms with Gasteiger partial charge >= 0.3 is 0 Å². The largest absolute Gasteiger partial charge is 0.386 e. The van der Waals surface area contributed by atoms with Crippen LogP contribution >= 0.6 is 0 Å². The number of benzene rings is 3. The second-order valence-electron chi connectivity index (χ2n) is 7.98. The van der Waals surface area contributed by atoms with Gasteiger partial charge in [0, 0.05) is 17.8 Å². The summed E-state index contributed by atoms with van der Waals surface area (Å²) < 4.78 is 5.43. The van der Waals surface area contributed by atoms with E-state index in [1.165, 1.54) is 0 Å². The molecular weight excluding hydrogens is 404 g/mol. The number of nitrogens with one attached hydrogen (secondary N) is 1. The van der Waals surface area contributed by atoms with E-state index in [4.69, 9.17) is 4.74 Å². The molecule has 6 nitrogen and oxygen atoms in total. The molecule has 2 atom stereocenters. The second-order valence-corrected chi connectivity index (χ2v) is 7.98. The molecule has 3 aromatic carbocycles. The molecule has 2 N–H and O–H groups in total. The number of hydrogen-bond donors (Lipinski definition) is 2. The fourth-order valence-electron chi connectivity index (χ4n) is 3.77. The lowest BCUT2D eigenvalue weighted by Gasteiger charge is -2.38. The number of aryl methyl sites for hydroxylation is 1. The minimum Gasteiger partial charge on any atom is -0.386 e. The highest BCUT2D eigenvalue weighted by molar-refractivity contribution is 6.04. The van der Waals surface area contributed by atoms with Crippen molar-refractivity contribution < 1.29 is 19.4 Å². The van der Waals surface area contributed by atoms with Crippen LogP contribution in [-0.4, -0.2) is 41.1 Å². The molecule has 1 saturated heterocycles. The van der Waals surface area contributed by atoms with E-state index < -0.39 is 12.1 Å². The molecule has 3 aromatic rings. The molecule has 32 heavy (non-hydrogen) atoms. The Bertz CT molecular complexity index is 1070. The average Bonchev–Trinajstić information content (AvgIpc) is 2.81. The molecule has 0 spiro atoms. The summed E-state index contributed by atoms with van der Waals surface area (Å²) >= 11 is 0. The molecule has 0 unspecified atom stereocenters. The maximum absolute atomic E-state index is 12.5. The first-order valence-corrected chi connectivity index (χ1v) is 10.6. The number of rotatable bonds is 6. The highest BCUT2D eigenvalue weighted by Crippen LogP contribution is 2.27. The molecule has 1 aliphatic heterocycles. The first-order chi connectivity index (χ1) is 15.5. The number of anilines is 1. The van der Waals surface area contributed by atoms with Gasteiger partial charge in [-0.05, 0) is 42.3 Å². The van der Waals surface area contributed by atoms with Crippen LogP contribution in [0.1, 0.15) is 33.2 Å². The lowest BCUT2D eigenvalue weighted by atomic mass is 9.99. The molecule has 0 aliphatic carbocycles. The zero-order valence-corrected chi connectivity index (χ0v) is 17.9. The lowest BCUT2D eigenvalue weighted by Crippen LogP contribution is -2.51. The summed E-state index contributed by atoms with van der Waals surface area (Å²) in [5.74, 6) is -0.343. The third-order valence-electron chi connectivity index (χ3n) is 5.62. The van der Waals surface area contributed by atoms with Gasteiger partial charge in [0.15, 0.2) is 0 Å². The number of amides is 2. The van der Waals surface area contributed by atoms with Crippen molar-refractivity contribution in [1.82, 2.24) is 4.90 Å². The molecule has 0 aromatic heterocycles. The van der Waals surface area contributed by atoms with E-state index in [2.05, 4.69) is 5.32 Å². The Balaban J connectivity index is 1.45. The number of nitrogens with zero attached hydrogens (tertiary/aromatic N) is 1. The van der Waals surface area contributed by atoms with Gasteiger partial charge in [-0.3, -0.25) is 9.59 Å². The minimum atomic E-state index is -0.912. The molecular formula is C26H26N2O4. The topological polar surface area (TPSA) is 78.9 Å². The van der Waals surface area contributed by atoms with E-state index in [1.54, 1.807) is 41.3 Å². The van der Waals surface area contributed by atoms with Gasteiger partial charge in [0.1, 0.15) is 12.7 Å². The van der Waals surface area contributed by atoms with Crippen molar-refractivity contribution in [2.45, 2.75) is 25.6 Å². The second kappa shape index (κ2) is 9.77. The summed E-state index contributed by atoms with van der Waals surface area (Å²) in [6.07, 6.45) is -0.912. The number of carbonyl (C=O) groups excluding carboxylic acids is 2. The van der Waals surface area contributed by atoms with Crippen LogP contribution in [0, 0.1) is 6.92 Å². The lowest BCUT2D eigenvalue weighted by molar-refractivity contribution is -0.155. The Kier molecular flexibility index (Phi) is 6.63. The Hall–Kier alpha value is -3.48. The smallest absolute Gasteiger partial charge is 0.255 e. The maximum atomic E-state index is 12.5. The van der Waals surface area contributed by atoms with Crippen LogP contribution < -0.4 is 5.32 Å². The van der Waals surface area contributed by atoms with E-state index in [1.807, 2.05) is 49.4 Å². The summed E-state index contributed by atoms with van der Waals surface area (Å²) in [5.41, 5.74) is 3.94. The Morgan fingerprint density at radius 3 is 2.44 bits per heavy atom. The Labute approximate surface area is 187 Å². The van der Waals surface area contributed by atoms with Crippen molar-refractivity contribution in [1.29, 1.82) is 0 Å². The highest BCUT2D eigenvalue weighted by atomic mass is 16.5. The predicted molar refractivity (Wildman–Crippen MR) is 122 cm³/mol. The summed E-state index contributed by atoms with van der Waals surface area (Å²) in [6, 6.07) is 23.6. The van der Waals surface area contributed by atoms with Crippen LogP contribution in [0.4, 0.5) is 5.69 Å². The molecule has 6 heteroatoms. The van der Waals surface area contributed by atoms with Crippen LogP contribution in [0.3, 0.4) is 0 Å². The zero-order chi connectivity index (χ0) is 22.5. The number of aliphatic hydroxyl groups is 1. The van der Waals surface area contributed by atoms with Crippen molar-refractivity contribution in [3.8, 4) is 0 Å². The molecule has 0 radical (unpaired) electrons. The van der Waals surface area contributed by atoms with Gasteiger partial charge in [0.2, 0.25) is 5.91 Å². The minimum absolute atomic E-state index is 0.0139. The predicted octanol–water partition coefficient (Wildman–Crippen LogP) is 3.71. The Morgan fingerprint density at radius 2 is 1.75 bits per heavy atom. The van der Waals surface area contributed by atoms with Crippen molar-refractivity contribution in [3.63, 3.8) is 0 Å². The number of hydrogen-bond acceptors (Lipinski definition) is 4. The summed E-state index contributed by atoms with van der Waals surface area (Å²) in [7, 11) is 0. The van der Waals surface area contributed by atoms with Gasteiger partial charge in [-0.1, -0.05) is 60.2 Å². The SMILES string of the molecule is Cc1ccc(C(=O)Nc2ccc([C@@H](O)[C@H]3COCC(=O)N3Cc3ccccc3)cc2)cc1. The highest BCUT2D eigenvalue weighted by Gasteiger charge is 2.34. The fourth-order valence-corrected chi connectivity index (χ4v) is 3.77. The van der Waals surface area contributed by atoms with E-state index in [9.17, 15) is 14.7 Å². The summed E-state index contributed by atoms with van der Waals surface area (Å²) in [4.78, 5) is 26.6. The molecule has 0 saturated carbocycles. The third-order valence-corrected chi connectivity index (χ3v) is 5.62. The Morgan fingerprint density at radius 1 is 1.06 bits per heavy atom. The van der Waals surface area contributed by atoms with Crippen LogP contribution in [-0.2, 0) is 16.1 Å². The maximum Gasteiger partial charge on any atom is 0.255 e. The zero-order valence-electron chi connectivity index (χ0n) is 17.9. The molecule has 2 amide bonds.